The number of primary amides is 1. The molecular weight excluding hydrogens is 354 g/mol. The Morgan fingerprint density at radius 2 is 2.09 bits per heavy atom. The fourth-order valence-electron chi connectivity index (χ4n) is 2.01. The Bertz CT molecular complexity index is 754. The summed E-state index contributed by atoms with van der Waals surface area (Å²) in [5.41, 5.74) is 6.28. The Morgan fingerprint density at radius 1 is 1.36 bits per heavy atom. The molecule has 116 valence electrons. The highest BCUT2D eigenvalue weighted by molar-refractivity contribution is 9.10. The third kappa shape index (κ3) is 3.45. The summed E-state index contributed by atoms with van der Waals surface area (Å²) in [6, 6.07) is 5.26. The minimum Gasteiger partial charge on any atom is -0.466 e. The van der Waals surface area contributed by atoms with Gasteiger partial charge in [0.2, 0.25) is 5.91 Å². The van der Waals surface area contributed by atoms with E-state index in [2.05, 4.69) is 26.2 Å². The van der Waals surface area contributed by atoms with Crippen LogP contribution in [0.15, 0.2) is 22.7 Å². The van der Waals surface area contributed by atoms with Crippen molar-refractivity contribution in [1.82, 2.24) is 4.98 Å². The van der Waals surface area contributed by atoms with E-state index in [4.69, 9.17) is 10.5 Å². The van der Waals surface area contributed by atoms with E-state index in [-0.39, 0.29) is 18.0 Å². The molecule has 22 heavy (non-hydrogen) atoms. The molecule has 2 amide bonds. The second kappa shape index (κ2) is 6.61. The molecule has 0 saturated heterocycles. The Hall–Kier alpha value is -2.35. The van der Waals surface area contributed by atoms with Crippen LogP contribution in [0.5, 0.6) is 0 Å². The highest BCUT2D eigenvalue weighted by Crippen LogP contribution is 2.30. The quantitative estimate of drug-likeness (QED) is 0.553. The Morgan fingerprint density at radius 3 is 2.73 bits per heavy atom. The Labute approximate surface area is 134 Å². The van der Waals surface area contributed by atoms with Crippen LogP contribution >= 0.6 is 15.9 Å². The molecule has 2 aromatic rings. The van der Waals surface area contributed by atoms with Gasteiger partial charge in [-0.25, -0.2) is 0 Å². The molecule has 0 spiro atoms. The zero-order chi connectivity index (χ0) is 16.3. The summed E-state index contributed by atoms with van der Waals surface area (Å²) < 4.78 is 5.48. The third-order valence-corrected chi connectivity index (χ3v) is 3.37. The van der Waals surface area contributed by atoms with Crippen molar-refractivity contribution in [2.45, 2.75) is 13.3 Å². The normalized spacial score (nSPS) is 10.5. The van der Waals surface area contributed by atoms with E-state index >= 15 is 0 Å². The highest BCUT2D eigenvalue weighted by atomic mass is 79.9. The lowest BCUT2D eigenvalue weighted by molar-refractivity contribution is -0.145. The van der Waals surface area contributed by atoms with E-state index in [9.17, 15) is 14.4 Å². The largest absolute Gasteiger partial charge is 0.466 e. The maximum absolute atomic E-state index is 11.9. The Kier molecular flexibility index (Phi) is 4.81. The van der Waals surface area contributed by atoms with Crippen molar-refractivity contribution >= 4 is 50.3 Å². The lowest BCUT2D eigenvalue weighted by Crippen LogP contribution is -2.20. The molecule has 0 fully saturated rings. The second-order valence-electron chi connectivity index (χ2n) is 4.46. The lowest BCUT2D eigenvalue weighted by atomic mass is 10.2. The molecule has 1 aromatic heterocycles. The summed E-state index contributed by atoms with van der Waals surface area (Å²) in [6.45, 7) is 1.84. The summed E-state index contributed by atoms with van der Waals surface area (Å²) in [4.78, 5) is 37.6. The first kappa shape index (κ1) is 16.0. The van der Waals surface area contributed by atoms with Gasteiger partial charge >= 0.3 is 5.97 Å². The first-order chi connectivity index (χ1) is 10.4. The standard InChI is InChI=1S/C14H14BrN3O4/c1-2-22-11(20)6-10(19)18-12-8-5-7(15)3-4-9(8)17-13(12)14(16)21/h3-5,17H,2,6H2,1H3,(H2,16,21)(H,18,19). The number of fused-ring (bicyclic) bond motifs is 1. The highest BCUT2D eigenvalue weighted by Gasteiger charge is 2.19. The van der Waals surface area contributed by atoms with Crippen molar-refractivity contribution in [3.63, 3.8) is 0 Å². The van der Waals surface area contributed by atoms with Gasteiger partial charge in [0.05, 0.1) is 12.3 Å². The topological polar surface area (TPSA) is 114 Å². The van der Waals surface area contributed by atoms with Crippen molar-refractivity contribution < 1.29 is 19.1 Å². The first-order valence-electron chi connectivity index (χ1n) is 6.49. The average molecular weight is 368 g/mol. The zero-order valence-corrected chi connectivity index (χ0v) is 13.3. The van der Waals surface area contributed by atoms with Gasteiger partial charge in [-0.3, -0.25) is 14.4 Å². The number of amides is 2. The molecule has 8 heteroatoms. The molecule has 0 saturated carbocycles. The van der Waals surface area contributed by atoms with Gasteiger partial charge in [0.15, 0.2) is 0 Å². The van der Waals surface area contributed by atoms with Crippen LogP contribution in [0.25, 0.3) is 10.9 Å². The van der Waals surface area contributed by atoms with Gasteiger partial charge in [0, 0.05) is 15.4 Å². The number of halogens is 1. The lowest BCUT2D eigenvalue weighted by Gasteiger charge is -2.06. The van der Waals surface area contributed by atoms with Gasteiger partial charge in [-0.15, -0.1) is 0 Å². The van der Waals surface area contributed by atoms with Crippen LogP contribution < -0.4 is 11.1 Å². The molecule has 0 aliphatic rings. The van der Waals surface area contributed by atoms with Gasteiger partial charge in [-0.1, -0.05) is 15.9 Å². The smallest absolute Gasteiger partial charge is 0.315 e. The van der Waals surface area contributed by atoms with Gasteiger partial charge in [-0.05, 0) is 25.1 Å². The van der Waals surface area contributed by atoms with Crippen LogP contribution in [0.3, 0.4) is 0 Å². The van der Waals surface area contributed by atoms with E-state index in [0.717, 1.165) is 4.47 Å². The molecule has 0 radical (unpaired) electrons. The van der Waals surface area contributed by atoms with Crippen molar-refractivity contribution in [2.75, 3.05) is 11.9 Å². The number of H-pyrrole nitrogens is 1. The number of hydrogen-bond acceptors (Lipinski definition) is 4. The predicted octanol–water partition coefficient (Wildman–Crippen LogP) is 1.92. The maximum Gasteiger partial charge on any atom is 0.315 e. The second-order valence-corrected chi connectivity index (χ2v) is 5.37. The minimum atomic E-state index is -0.709. The number of anilines is 1. The number of ether oxygens (including phenoxy) is 1. The molecule has 1 heterocycles. The molecular formula is C14H14BrN3O4. The number of rotatable bonds is 5. The maximum atomic E-state index is 11.9. The summed E-state index contributed by atoms with van der Waals surface area (Å²) >= 11 is 3.32. The molecule has 2 rings (SSSR count). The monoisotopic (exact) mass is 367 g/mol. The number of carbonyl (C=O) groups excluding carboxylic acids is 3. The summed E-state index contributed by atoms with van der Waals surface area (Å²) in [7, 11) is 0. The minimum absolute atomic E-state index is 0.0744. The van der Waals surface area contributed by atoms with Crippen LogP contribution in [0.1, 0.15) is 23.8 Å². The van der Waals surface area contributed by atoms with Gasteiger partial charge in [0.1, 0.15) is 12.1 Å². The number of benzene rings is 1. The van der Waals surface area contributed by atoms with Crippen LogP contribution in [0.4, 0.5) is 5.69 Å². The number of esters is 1. The van der Waals surface area contributed by atoms with Gasteiger partial charge in [-0.2, -0.15) is 0 Å². The number of aromatic nitrogens is 1. The summed E-state index contributed by atoms with van der Waals surface area (Å²) in [6.07, 6.45) is -0.438. The van der Waals surface area contributed by atoms with Gasteiger partial charge in [0.25, 0.3) is 5.91 Å². The van der Waals surface area contributed by atoms with E-state index in [1.54, 1.807) is 25.1 Å². The average Bonchev–Trinajstić information content (AvgIpc) is 2.77. The molecule has 0 aliphatic carbocycles. The number of carbonyl (C=O) groups is 3. The predicted molar refractivity (Wildman–Crippen MR) is 84.4 cm³/mol. The van der Waals surface area contributed by atoms with Crippen LogP contribution in [-0.2, 0) is 14.3 Å². The van der Waals surface area contributed by atoms with Crippen LogP contribution in [0.2, 0.25) is 0 Å². The summed E-state index contributed by atoms with van der Waals surface area (Å²) in [5.74, 6) is -1.93. The molecule has 0 atom stereocenters. The van der Waals surface area contributed by atoms with E-state index in [0.29, 0.717) is 10.9 Å². The number of nitrogens with one attached hydrogen (secondary N) is 2. The Balaban J connectivity index is 2.34. The molecule has 0 bridgehead atoms. The fourth-order valence-corrected chi connectivity index (χ4v) is 2.37. The number of hydrogen-bond donors (Lipinski definition) is 3. The van der Waals surface area contributed by atoms with Crippen molar-refractivity contribution in [3.05, 3.63) is 28.4 Å². The van der Waals surface area contributed by atoms with Crippen LogP contribution in [-0.4, -0.2) is 29.4 Å². The van der Waals surface area contributed by atoms with E-state index < -0.39 is 24.2 Å². The zero-order valence-electron chi connectivity index (χ0n) is 11.7. The number of nitrogens with two attached hydrogens (primary N) is 1. The molecule has 7 nitrogen and oxygen atoms in total. The van der Waals surface area contributed by atoms with Crippen molar-refractivity contribution in [1.29, 1.82) is 0 Å². The van der Waals surface area contributed by atoms with Crippen molar-refractivity contribution in [2.24, 2.45) is 5.73 Å². The fraction of sp³-hybridized carbons (Fsp3) is 0.214. The molecule has 1 aromatic carbocycles. The van der Waals surface area contributed by atoms with E-state index in [1.165, 1.54) is 0 Å². The first-order valence-corrected chi connectivity index (χ1v) is 7.28. The van der Waals surface area contributed by atoms with Gasteiger partial charge < -0.3 is 20.8 Å². The SMILES string of the molecule is CCOC(=O)CC(=O)Nc1c(C(N)=O)[nH]c2ccc(Br)cc12. The summed E-state index contributed by atoms with van der Waals surface area (Å²) in [5, 5.41) is 3.15. The molecule has 4 N–H and O–H groups in total. The molecule has 0 unspecified atom stereocenters. The van der Waals surface area contributed by atoms with Crippen molar-refractivity contribution in [3.8, 4) is 0 Å². The van der Waals surface area contributed by atoms with E-state index in [1.807, 2.05) is 0 Å². The van der Waals surface area contributed by atoms with Crippen LogP contribution in [0, 0.1) is 0 Å². The molecule has 0 aliphatic heterocycles. The number of aromatic amines is 1. The third-order valence-electron chi connectivity index (χ3n) is 2.88.